The van der Waals surface area contributed by atoms with E-state index in [4.69, 9.17) is 9.47 Å². The van der Waals surface area contributed by atoms with Crippen LogP contribution in [0, 0.1) is 0 Å². The highest BCUT2D eigenvalue weighted by Gasteiger charge is 2.18. The third-order valence-corrected chi connectivity index (χ3v) is 6.51. The van der Waals surface area contributed by atoms with Crippen molar-refractivity contribution in [3.05, 3.63) is 66.7 Å². The Balaban J connectivity index is 1.64. The number of imidazole rings is 1. The second-order valence-corrected chi connectivity index (χ2v) is 9.13. The molecule has 0 saturated carbocycles. The van der Waals surface area contributed by atoms with Crippen LogP contribution >= 0.6 is 0 Å². The van der Waals surface area contributed by atoms with Gasteiger partial charge in [0.1, 0.15) is 28.6 Å². The Bertz CT molecular complexity index is 1670. The van der Waals surface area contributed by atoms with Crippen LogP contribution in [0.25, 0.3) is 44.3 Å². The first kappa shape index (κ1) is 21.7. The highest BCUT2D eigenvalue weighted by molar-refractivity contribution is 7.85. The van der Waals surface area contributed by atoms with Gasteiger partial charge in [-0.2, -0.15) is 8.42 Å². The van der Waals surface area contributed by atoms with Crippen LogP contribution in [-0.2, 0) is 10.1 Å². The highest BCUT2D eigenvalue weighted by atomic mass is 32.2. The minimum Gasteiger partial charge on any atom is -0.507 e. The van der Waals surface area contributed by atoms with Crippen molar-refractivity contribution in [1.82, 2.24) is 9.97 Å². The average molecular weight is 477 g/mol. The number of phenols is 1. The number of nitrogens with one attached hydrogen (secondary N) is 1. The van der Waals surface area contributed by atoms with Gasteiger partial charge in [0.2, 0.25) is 0 Å². The quantitative estimate of drug-likeness (QED) is 0.305. The zero-order valence-electron chi connectivity index (χ0n) is 18.2. The molecule has 1 aromatic heterocycles. The molecule has 0 aliphatic carbocycles. The van der Waals surface area contributed by atoms with Crippen molar-refractivity contribution in [3.8, 4) is 39.8 Å². The van der Waals surface area contributed by atoms with E-state index in [1.54, 1.807) is 26.4 Å². The minimum absolute atomic E-state index is 0.297. The summed E-state index contributed by atoms with van der Waals surface area (Å²) in [6.45, 7) is 0. The van der Waals surface area contributed by atoms with Crippen LogP contribution in [0.1, 0.15) is 0 Å². The van der Waals surface area contributed by atoms with Crippen molar-refractivity contribution < 1.29 is 27.6 Å². The number of benzene rings is 4. The molecular formula is C25H20N2O6S. The lowest BCUT2D eigenvalue weighted by Gasteiger charge is -2.10. The monoisotopic (exact) mass is 476 g/mol. The fraction of sp³-hybridized carbons (Fsp3) is 0.0800. The molecular weight excluding hydrogens is 456 g/mol. The van der Waals surface area contributed by atoms with E-state index in [0.29, 0.717) is 38.9 Å². The van der Waals surface area contributed by atoms with Crippen LogP contribution in [0.3, 0.4) is 0 Å². The first-order valence-electron chi connectivity index (χ1n) is 10.2. The lowest BCUT2D eigenvalue weighted by atomic mass is 10.0. The normalized spacial score (nSPS) is 11.7. The van der Waals surface area contributed by atoms with Gasteiger partial charge in [0.05, 0.1) is 35.6 Å². The number of hydrogen-bond donors (Lipinski definition) is 3. The van der Waals surface area contributed by atoms with E-state index in [2.05, 4.69) is 9.97 Å². The fourth-order valence-electron chi connectivity index (χ4n) is 4.03. The summed E-state index contributed by atoms with van der Waals surface area (Å²) in [7, 11) is -1.26. The molecule has 5 rings (SSSR count). The fourth-order valence-corrected chi connectivity index (χ4v) is 4.56. The van der Waals surface area contributed by atoms with E-state index < -0.39 is 10.1 Å². The number of ether oxygens (including phenoxy) is 2. The van der Waals surface area contributed by atoms with Gasteiger partial charge in [-0.1, -0.05) is 24.3 Å². The lowest BCUT2D eigenvalue weighted by molar-refractivity contribution is 0.414. The number of aromatic amines is 1. The van der Waals surface area contributed by atoms with Gasteiger partial charge in [-0.05, 0) is 52.9 Å². The first-order chi connectivity index (χ1) is 16.3. The average Bonchev–Trinajstić information content (AvgIpc) is 3.27. The van der Waals surface area contributed by atoms with Gasteiger partial charge < -0.3 is 19.6 Å². The van der Waals surface area contributed by atoms with Gasteiger partial charge >= 0.3 is 0 Å². The molecule has 9 heteroatoms. The number of nitrogens with zero attached hydrogens (tertiary/aromatic N) is 1. The Labute approximate surface area is 195 Å². The molecule has 0 amide bonds. The molecule has 34 heavy (non-hydrogen) atoms. The van der Waals surface area contributed by atoms with Crippen LogP contribution in [-0.4, -0.2) is 42.3 Å². The maximum atomic E-state index is 11.5. The Kier molecular flexibility index (Phi) is 5.15. The van der Waals surface area contributed by atoms with Crippen LogP contribution in [0.5, 0.6) is 17.2 Å². The SMILES string of the molecule is COc1cccc(-c2ccc(-c3nc4c(ccc5cc(S(=O)(=O)O)cc(O)c54)[nH]3)c(OC)c2)c1. The molecule has 4 aromatic carbocycles. The Morgan fingerprint density at radius 2 is 1.71 bits per heavy atom. The van der Waals surface area contributed by atoms with Crippen molar-refractivity contribution in [2.75, 3.05) is 14.2 Å². The van der Waals surface area contributed by atoms with Crippen LogP contribution < -0.4 is 9.47 Å². The van der Waals surface area contributed by atoms with Gasteiger partial charge in [-0.3, -0.25) is 4.55 Å². The van der Waals surface area contributed by atoms with E-state index in [-0.39, 0.29) is 10.6 Å². The number of hydrogen-bond acceptors (Lipinski definition) is 6. The molecule has 0 aliphatic rings. The van der Waals surface area contributed by atoms with Crippen LogP contribution in [0.4, 0.5) is 0 Å². The number of fused-ring (bicyclic) bond motifs is 3. The third-order valence-electron chi connectivity index (χ3n) is 5.68. The highest BCUT2D eigenvalue weighted by Crippen LogP contribution is 2.38. The topological polar surface area (TPSA) is 122 Å². The molecule has 0 spiro atoms. The summed E-state index contributed by atoms with van der Waals surface area (Å²) in [4.78, 5) is 7.53. The molecule has 0 radical (unpaired) electrons. The van der Waals surface area contributed by atoms with Crippen LogP contribution in [0.15, 0.2) is 71.6 Å². The predicted molar refractivity (Wildman–Crippen MR) is 129 cm³/mol. The minimum atomic E-state index is -4.46. The molecule has 8 nitrogen and oxygen atoms in total. The van der Waals surface area contributed by atoms with Crippen molar-refractivity contribution in [2.45, 2.75) is 4.90 Å². The van der Waals surface area contributed by atoms with Crippen LogP contribution in [0.2, 0.25) is 0 Å². The zero-order valence-corrected chi connectivity index (χ0v) is 19.1. The van der Waals surface area contributed by atoms with Crippen molar-refractivity contribution in [1.29, 1.82) is 0 Å². The molecule has 0 unspecified atom stereocenters. The van der Waals surface area contributed by atoms with E-state index in [1.807, 2.05) is 42.5 Å². The third kappa shape index (κ3) is 3.70. The largest absolute Gasteiger partial charge is 0.507 e. The van der Waals surface area contributed by atoms with E-state index in [0.717, 1.165) is 22.9 Å². The first-order valence-corrected chi connectivity index (χ1v) is 11.7. The van der Waals surface area contributed by atoms with Crippen molar-refractivity contribution >= 4 is 31.9 Å². The second-order valence-electron chi connectivity index (χ2n) is 7.71. The van der Waals surface area contributed by atoms with Gasteiger partial charge in [0, 0.05) is 6.07 Å². The molecule has 0 fully saturated rings. The predicted octanol–water partition coefficient (Wildman–Crippen LogP) is 5.02. The summed E-state index contributed by atoms with van der Waals surface area (Å²) in [6, 6.07) is 19.1. The van der Waals surface area contributed by atoms with E-state index in [1.165, 1.54) is 6.07 Å². The Morgan fingerprint density at radius 1 is 0.912 bits per heavy atom. The van der Waals surface area contributed by atoms with Crippen molar-refractivity contribution in [3.63, 3.8) is 0 Å². The molecule has 0 aliphatic heterocycles. The summed E-state index contributed by atoms with van der Waals surface area (Å²) in [5.74, 6) is 1.58. The molecule has 5 aromatic rings. The number of phenolic OH excluding ortho intramolecular Hbond substituents is 1. The number of H-pyrrole nitrogens is 1. The van der Waals surface area contributed by atoms with Gasteiger partial charge in [-0.25, -0.2) is 4.98 Å². The van der Waals surface area contributed by atoms with Gasteiger partial charge in [0.15, 0.2) is 0 Å². The van der Waals surface area contributed by atoms with Gasteiger partial charge in [-0.15, -0.1) is 0 Å². The van der Waals surface area contributed by atoms with Crippen molar-refractivity contribution in [2.24, 2.45) is 0 Å². The number of methoxy groups -OCH3 is 2. The maximum Gasteiger partial charge on any atom is 0.294 e. The molecule has 0 bridgehead atoms. The molecule has 3 N–H and O–H groups in total. The molecule has 0 saturated heterocycles. The van der Waals surface area contributed by atoms with Gasteiger partial charge in [0.25, 0.3) is 10.1 Å². The Morgan fingerprint density at radius 3 is 2.44 bits per heavy atom. The smallest absolute Gasteiger partial charge is 0.294 e. The molecule has 172 valence electrons. The van der Waals surface area contributed by atoms with E-state index in [9.17, 15) is 18.1 Å². The molecule has 0 atom stereocenters. The number of aromatic nitrogens is 2. The van der Waals surface area contributed by atoms with E-state index >= 15 is 0 Å². The standard InChI is InChI=1S/C25H20N2O6S/c1-32-17-5-3-4-14(10-17)15-6-8-19(22(12-15)33-2)25-26-20-9-7-16-11-18(34(29,30)31)13-21(28)23(16)24(20)27-25/h3-13,28H,1-2H3,(H,26,27)(H,29,30,31). The zero-order chi connectivity index (χ0) is 24.0. The maximum absolute atomic E-state index is 11.5. The summed E-state index contributed by atoms with van der Waals surface area (Å²) in [6.07, 6.45) is 0. The summed E-state index contributed by atoms with van der Waals surface area (Å²) >= 11 is 0. The summed E-state index contributed by atoms with van der Waals surface area (Å²) < 4.78 is 43.3. The number of aromatic hydroxyl groups is 1. The number of rotatable bonds is 5. The Hall–Kier alpha value is -4.08. The summed E-state index contributed by atoms with van der Waals surface area (Å²) in [5.41, 5.74) is 3.74. The second kappa shape index (κ2) is 8.05. The lowest BCUT2D eigenvalue weighted by Crippen LogP contribution is -1.97. The summed E-state index contributed by atoms with van der Waals surface area (Å²) in [5, 5.41) is 11.3. The molecule has 1 heterocycles.